The Kier molecular flexibility index (Phi) is 4.90. The molecule has 0 spiro atoms. The van der Waals surface area contributed by atoms with Gasteiger partial charge >= 0.3 is 6.09 Å². The molecule has 2 heterocycles. The number of carbonyl (C=O) groups is 1. The van der Waals surface area contributed by atoms with E-state index in [0.29, 0.717) is 20.3 Å². The molecule has 0 atom stereocenters. The van der Waals surface area contributed by atoms with Gasteiger partial charge in [0.05, 0.1) is 11.3 Å². The zero-order valence-electron chi connectivity index (χ0n) is 15.2. The summed E-state index contributed by atoms with van der Waals surface area (Å²) in [6, 6.07) is 8.20. The molecule has 0 bridgehead atoms. The summed E-state index contributed by atoms with van der Waals surface area (Å²) in [7, 11) is 0. The van der Waals surface area contributed by atoms with E-state index in [2.05, 4.69) is 10.1 Å². The SMILES string of the molecule is Cc1cccc(F)c1-c1nc2c(I)nn(C(=O)OC(C)(C)C)c2cc1C#N. The molecule has 0 N–H and O–H groups in total. The molecule has 1 aromatic carbocycles. The van der Waals surface area contributed by atoms with Crippen molar-refractivity contribution in [3.8, 4) is 17.3 Å². The molecule has 6 nitrogen and oxygen atoms in total. The number of nitriles is 1. The molecule has 3 aromatic rings. The third-order valence-electron chi connectivity index (χ3n) is 3.76. The number of hydrogen-bond donors (Lipinski definition) is 0. The summed E-state index contributed by atoms with van der Waals surface area (Å²) in [5.74, 6) is -0.465. The van der Waals surface area contributed by atoms with E-state index in [1.165, 1.54) is 12.1 Å². The van der Waals surface area contributed by atoms with Crippen LogP contribution >= 0.6 is 22.6 Å². The van der Waals surface area contributed by atoms with Crippen LogP contribution in [0.3, 0.4) is 0 Å². The zero-order chi connectivity index (χ0) is 19.9. The summed E-state index contributed by atoms with van der Waals surface area (Å²) in [4.78, 5) is 16.9. The Bertz CT molecular complexity index is 1090. The largest absolute Gasteiger partial charge is 0.442 e. The van der Waals surface area contributed by atoms with Crippen LogP contribution in [0.1, 0.15) is 31.9 Å². The predicted molar refractivity (Wildman–Crippen MR) is 107 cm³/mol. The molecular formula is C19H16FIN4O2. The van der Waals surface area contributed by atoms with Gasteiger partial charge < -0.3 is 4.74 Å². The van der Waals surface area contributed by atoms with Gasteiger partial charge in [0.15, 0.2) is 0 Å². The van der Waals surface area contributed by atoms with Crippen molar-refractivity contribution in [2.24, 2.45) is 0 Å². The van der Waals surface area contributed by atoms with Gasteiger partial charge in [0.2, 0.25) is 0 Å². The highest BCUT2D eigenvalue weighted by Gasteiger charge is 2.24. The first kappa shape index (κ1) is 19.2. The molecule has 138 valence electrons. The van der Waals surface area contributed by atoms with E-state index in [4.69, 9.17) is 4.74 Å². The van der Waals surface area contributed by atoms with Crippen molar-refractivity contribution in [1.29, 1.82) is 5.26 Å². The quantitative estimate of drug-likeness (QED) is 0.470. The van der Waals surface area contributed by atoms with E-state index in [-0.39, 0.29) is 16.8 Å². The maximum Gasteiger partial charge on any atom is 0.435 e. The fourth-order valence-corrected chi connectivity index (χ4v) is 3.27. The van der Waals surface area contributed by atoms with Gasteiger partial charge in [-0.2, -0.15) is 15.0 Å². The Balaban J connectivity index is 2.26. The van der Waals surface area contributed by atoms with Crippen molar-refractivity contribution >= 4 is 39.7 Å². The molecule has 3 rings (SSSR count). The number of aryl methyl sites for hydroxylation is 1. The summed E-state index contributed by atoms with van der Waals surface area (Å²) in [5, 5.41) is 13.8. The number of halogens is 2. The van der Waals surface area contributed by atoms with Crippen LogP contribution in [-0.4, -0.2) is 26.5 Å². The van der Waals surface area contributed by atoms with Gasteiger partial charge in [0.1, 0.15) is 32.2 Å². The number of rotatable bonds is 1. The Labute approximate surface area is 169 Å². The predicted octanol–water partition coefficient (Wildman–Crippen LogP) is 4.81. The van der Waals surface area contributed by atoms with Gasteiger partial charge in [-0.15, -0.1) is 0 Å². The van der Waals surface area contributed by atoms with Crippen molar-refractivity contribution in [2.75, 3.05) is 0 Å². The van der Waals surface area contributed by atoms with Crippen molar-refractivity contribution in [2.45, 2.75) is 33.3 Å². The first-order valence-electron chi connectivity index (χ1n) is 8.10. The second kappa shape index (κ2) is 6.88. The molecule has 0 aliphatic carbocycles. The van der Waals surface area contributed by atoms with E-state index < -0.39 is 17.5 Å². The summed E-state index contributed by atoms with van der Waals surface area (Å²) in [6.07, 6.45) is -0.670. The Morgan fingerprint density at radius 1 is 1.37 bits per heavy atom. The molecule has 8 heteroatoms. The lowest BCUT2D eigenvalue weighted by Crippen LogP contribution is -2.27. The lowest BCUT2D eigenvalue weighted by Gasteiger charge is -2.19. The molecule has 2 aromatic heterocycles. The molecule has 0 radical (unpaired) electrons. The topological polar surface area (TPSA) is 80.8 Å². The third kappa shape index (κ3) is 3.64. The molecule has 0 aliphatic heterocycles. The summed E-state index contributed by atoms with van der Waals surface area (Å²) >= 11 is 1.95. The third-order valence-corrected chi connectivity index (χ3v) is 4.49. The van der Waals surface area contributed by atoms with Gasteiger partial charge in [-0.1, -0.05) is 12.1 Å². The van der Waals surface area contributed by atoms with Gasteiger partial charge in [0.25, 0.3) is 0 Å². The fourth-order valence-electron chi connectivity index (χ4n) is 2.66. The molecule has 0 aliphatic rings. The van der Waals surface area contributed by atoms with E-state index in [9.17, 15) is 14.4 Å². The van der Waals surface area contributed by atoms with Crippen LogP contribution < -0.4 is 0 Å². The number of ether oxygens (including phenoxy) is 1. The number of pyridine rings is 1. The Hall–Kier alpha value is -2.54. The minimum absolute atomic E-state index is 0.150. The van der Waals surface area contributed by atoms with Gasteiger partial charge in [0, 0.05) is 5.56 Å². The maximum atomic E-state index is 14.4. The monoisotopic (exact) mass is 478 g/mol. The lowest BCUT2D eigenvalue weighted by atomic mass is 10.0. The summed E-state index contributed by atoms with van der Waals surface area (Å²) in [5.41, 5.74) is 1.33. The first-order chi connectivity index (χ1) is 12.6. The fraction of sp³-hybridized carbons (Fsp3) is 0.263. The van der Waals surface area contributed by atoms with Crippen LogP contribution in [-0.2, 0) is 4.74 Å². The van der Waals surface area contributed by atoms with Crippen molar-refractivity contribution in [1.82, 2.24) is 14.8 Å². The number of fused-ring (bicyclic) bond motifs is 1. The summed E-state index contributed by atoms with van der Waals surface area (Å²) in [6.45, 7) is 7.00. The Morgan fingerprint density at radius 2 is 2.07 bits per heavy atom. The van der Waals surface area contributed by atoms with Crippen molar-refractivity contribution in [3.05, 3.63) is 44.9 Å². The molecular weight excluding hydrogens is 462 g/mol. The van der Waals surface area contributed by atoms with E-state index in [1.807, 2.05) is 28.7 Å². The number of hydrogen-bond acceptors (Lipinski definition) is 5. The van der Waals surface area contributed by atoms with Crippen molar-refractivity contribution in [3.63, 3.8) is 0 Å². The van der Waals surface area contributed by atoms with Gasteiger partial charge in [-0.25, -0.2) is 14.2 Å². The molecule has 0 saturated carbocycles. The molecule has 0 amide bonds. The van der Waals surface area contributed by atoms with E-state index in [0.717, 1.165) is 4.68 Å². The number of carbonyl (C=O) groups excluding carboxylic acids is 1. The molecule has 0 unspecified atom stereocenters. The highest BCUT2D eigenvalue weighted by atomic mass is 127. The average Bonchev–Trinajstić information content (AvgIpc) is 2.89. The Morgan fingerprint density at radius 3 is 2.67 bits per heavy atom. The minimum Gasteiger partial charge on any atom is -0.442 e. The summed E-state index contributed by atoms with van der Waals surface area (Å²) < 4.78 is 21.3. The van der Waals surface area contributed by atoms with E-state index in [1.54, 1.807) is 39.8 Å². The van der Waals surface area contributed by atoms with Crippen LogP contribution in [0.4, 0.5) is 9.18 Å². The highest BCUT2D eigenvalue weighted by Crippen LogP contribution is 2.31. The van der Waals surface area contributed by atoms with Crippen LogP contribution in [0.2, 0.25) is 0 Å². The second-order valence-electron chi connectivity index (χ2n) is 6.98. The second-order valence-corrected chi connectivity index (χ2v) is 8.00. The number of aromatic nitrogens is 3. The minimum atomic E-state index is -0.698. The molecule has 0 fully saturated rings. The van der Waals surface area contributed by atoms with Crippen LogP contribution in [0.5, 0.6) is 0 Å². The van der Waals surface area contributed by atoms with Crippen molar-refractivity contribution < 1.29 is 13.9 Å². The number of benzene rings is 1. The highest BCUT2D eigenvalue weighted by molar-refractivity contribution is 14.1. The smallest absolute Gasteiger partial charge is 0.435 e. The van der Waals surface area contributed by atoms with Gasteiger partial charge in [-0.05, 0) is 68.0 Å². The molecule has 0 saturated heterocycles. The standard InChI is InChI=1S/C19H16FIN4O2/c1-10-6-5-7-12(20)14(10)15-11(9-22)8-13-16(23-15)17(21)24-25(13)18(26)27-19(2,3)4/h5-8H,1-4H3. The number of nitrogens with zero attached hydrogens (tertiary/aromatic N) is 4. The average molecular weight is 478 g/mol. The zero-order valence-corrected chi connectivity index (χ0v) is 17.3. The first-order valence-corrected chi connectivity index (χ1v) is 9.18. The van der Waals surface area contributed by atoms with Crippen LogP contribution in [0.25, 0.3) is 22.3 Å². The normalized spacial score (nSPS) is 11.4. The molecule has 27 heavy (non-hydrogen) atoms. The maximum absolute atomic E-state index is 14.4. The lowest BCUT2D eigenvalue weighted by molar-refractivity contribution is 0.0522. The van der Waals surface area contributed by atoms with E-state index >= 15 is 0 Å². The van der Waals surface area contributed by atoms with Crippen LogP contribution in [0.15, 0.2) is 24.3 Å². The van der Waals surface area contributed by atoms with Crippen LogP contribution in [0, 0.1) is 27.8 Å². The van der Waals surface area contributed by atoms with Gasteiger partial charge in [-0.3, -0.25) is 0 Å².